The van der Waals surface area contributed by atoms with Gasteiger partial charge in [0.05, 0.1) is 6.10 Å². The molecule has 0 aromatic heterocycles. The van der Waals surface area contributed by atoms with Gasteiger partial charge < -0.3 is 10.0 Å². The largest absolute Gasteiger partial charge is 0.392 e. The highest BCUT2D eigenvalue weighted by Gasteiger charge is 2.46. The average Bonchev–Trinajstić information content (AvgIpc) is 2.84. The van der Waals surface area contributed by atoms with Crippen LogP contribution in [0.4, 0.5) is 0 Å². The number of aliphatic hydroxyl groups is 1. The Kier molecular flexibility index (Phi) is 2.73. The van der Waals surface area contributed by atoms with Crippen LogP contribution in [0.1, 0.15) is 38.5 Å². The van der Waals surface area contributed by atoms with Crippen molar-refractivity contribution in [3.63, 3.8) is 0 Å². The normalized spacial score (nSPS) is 46.2. The van der Waals surface area contributed by atoms with E-state index < -0.39 is 0 Å². The predicted octanol–water partition coefficient (Wildman–Crippen LogP) is 1.88. The first-order valence-corrected chi connectivity index (χ1v) is 6.75. The topological polar surface area (TPSA) is 23.5 Å². The monoisotopic (exact) mass is 209 g/mol. The molecule has 4 atom stereocenters. The molecule has 0 aromatic rings. The van der Waals surface area contributed by atoms with Crippen molar-refractivity contribution in [1.29, 1.82) is 0 Å². The van der Waals surface area contributed by atoms with Crippen LogP contribution in [0.25, 0.3) is 0 Å². The molecule has 0 unspecified atom stereocenters. The fourth-order valence-corrected chi connectivity index (χ4v) is 4.08. The molecule has 3 rings (SSSR count). The van der Waals surface area contributed by atoms with Crippen LogP contribution in [0, 0.1) is 17.8 Å². The molecule has 1 aliphatic heterocycles. The van der Waals surface area contributed by atoms with E-state index in [1.54, 1.807) is 0 Å². The fraction of sp³-hybridized carbons (Fsp3) is 1.00. The van der Waals surface area contributed by atoms with E-state index in [1.807, 2.05) is 0 Å². The number of nitrogens with zero attached hydrogens (tertiary/aromatic N) is 1. The molecule has 2 aliphatic carbocycles. The lowest BCUT2D eigenvalue weighted by Crippen LogP contribution is -2.40. The Morgan fingerprint density at radius 3 is 2.40 bits per heavy atom. The molecule has 1 N–H and O–H groups in total. The van der Waals surface area contributed by atoms with Gasteiger partial charge in [0.15, 0.2) is 0 Å². The summed E-state index contributed by atoms with van der Waals surface area (Å²) in [5.41, 5.74) is 0. The van der Waals surface area contributed by atoms with Gasteiger partial charge in [-0.25, -0.2) is 0 Å². The summed E-state index contributed by atoms with van der Waals surface area (Å²) >= 11 is 0. The molecule has 2 heteroatoms. The standard InChI is InChI=1S/C13H23NO/c15-13-11-5-4-10(8-11)12(13)9-14-6-2-1-3-7-14/h10-13,15H,1-9H2/t10-,11+,12-,13+/m1/s1. The Morgan fingerprint density at radius 1 is 1.00 bits per heavy atom. The lowest BCUT2D eigenvalue weighted by molar-refractivity contribution is 0.0341. The van der Waals surface area contributed by atoms with Gasteiger partial charge in [0.1, 0.15) is 0 Å². The van der Waals surface area contributed by atoms with Crippen LogP contribution in [-0.2, 0) is 0 Å². The highest BCUT2D eigenvalue weighted by atomic mass is 16.3. The van der Waals surface area contributed by atoms with Gasteiger partial charge in [0, 0.05) is 12.5 Å². The summed E-state index contributed by atoms with van der Waals surface area (Å²) in [7, 11) is 0. The number of likely N-dealkylation sites (tertiary alicyclic amines) is 1. The molecule has 2 nitrogen and oxygen atoms in total. The van der Waals surface area contributed by atoms with Crippen LogP contribution in [0.3, 0.4) is 0 Å². The Labute approximate surface area is 92.7 Å². The van der Waals surface area contributed by atoms with E-state index in [9.17, 15) is 5.11 Å². The zero-order valence-electron chi connectivity index (χ0n) is 9.57. The molecule has 3 fully saturated rings. The van der Waals surface area contributed by atoms with E-state index in [4.69, 9.17) is 0 Å². The van der Waals surface area contributed by atoms with E-state index in [-0.39, 0.29) is 6.10 Å². The van der Waals surface area contributed by atoms with Crippen LogP contribution < -0.4 is 0 Å². The molecule has 15 heavy (non-hydrogen) atoms. The van der Waals surface area contributed by atoms with E-state index in [0.29, 0.717) is 11.8 Å². The van der Waals surface area contributed by atoms with Crippen molar-refractivity contribution in [3.8, 4) is 0 Å². The maximum absolute atomic E-state index is 10.2. The summed E-state index contributed by atoms with van der Waals surface area (Å²) in [6.07, 6.45) is 8.19. The molecule has 0 radical (unpaired) electrons. The van der Waals surface area contributed by atoms with E-state index in [1.165, 1.54) is 58.2 Å². The highest BCUT2D eigenvalue weighted by Crippen LogP contribution is 2.48. The van der Waals surface area contributed by atoms with Crippen LogP contribution >= 0.6 is 0 Å². The van der Waals surface area contributed by atoms with Crippen LogP contribution in [0.2, 0.25) is 0 Å². The number of piperidine rings is 1. The maximum atomic E-state index is 10.2. The Hall–Kier alpha value is -0.0800. The highest BCUT2D eigenvalue weighted by molar-refractivity contribution is 4.97. The lowest BCUT2D eigenvalue weighted by Gasteiger charge is -2.34. The minimum Gasteiger partial charge on any atom is -0.392 e. The van der Waals surface area contributed by atoms with E-state index in [2.05, 4.69) is 4.90 Å². The molecule has 0 aromatic carbocycles. The minimum absolute atomic E-state index is 0.0330. The third-order valence-electron chi connectivity index (χ3n) is 4.96. The van der Waals surface area contributed by atoms with Gasteiger partial charge in [-0.1, -0.05) is 6.42 Å². The zero-order valence-corrected chi connectivity index (χ0v) is 9.57. The second-order valence-electron chi connectivity index (χ2n) is 5.85. The molecule has 2 bridgehead atoms. The molecular formula is C13H23NO. The SMILES string of the molecule is O[C@H]1[C@H]2CC[C@H](C2)[C@H]1CN1CCCCC1. The van der Waals surface area contributed by atoms with Crippen molar-refractivity contribution in [2.45, 2.75) is 44.6 Å². The quantitative estimate of drug-likeness (QED) is 0.750. The van der Waals surface area contributed by atoms with Gasteiger partial charge in [0.25, 0.3) is 0 Å². The van der Waals surface area contributed by atoms with Crippen LogP contribution in [0.5, 0.6) is 0 Å². The van der Waals surface area contributed by atoms with Crippen molar-refractivity contribution in [2.75, 3.05) is 19.6 Å². The Balaban J connectivity index is 1.58. The van der Waals surface area contributed by atoms with Crippen molar-refractivity contribution in [2.24, 2.45) is 17.8 Å². The summed E-state index contributed by atoms with van der Waals surface area (Å²) in [4.78, 5) is 2.60. The number of fused-ring (bicyclic) bond motifs is 2. The summed E-state index contributed by atoms with van der Waals surface area (Å²) in [5, 5.41) is 10.2. The first-order chi connectivity index (χ1) is 7.34. The fourth-order valence-electron chi connectivity index (χ4n) is 4.08. The number of hydrogen-bond acceptors (Lipinski definition) is 2. The summed E-state index contributed by atoms with van der Waals surface area (Å²) < 4.78 is 0. The summed E-state index contributed by atoms with van der Waals surface area (Å²) in [5.74, 6) is 2.12. The Bertz CT molecular complexity index is 223. The second-order valence-corrected chi connectivity index (χ2v) is 5.85. The van der Waals surface area contributed by atoms with Gasteiger partial charge in [-0.15, -0.1) is 0 Å². The van der Waals surface area contributed by atoms with Gasteiger partial charge in [-0.2, -0.15) is 0 Å². The van der Waals surface area contributed by atoms with Gasteiger partial charge in [0.2, 0.25) is 0 Å². The summed E-state index contributed by atoms with van der Waals surface area (Å²) in [6, 6.07) is 0. The molecule has 1 saturated heterocycles. The molecular weight excluding hydrogens is 186 g/mol. The van der Waals surface area contributed by atoms with Crippen molar-refractivity contribution in [1.82, 2.24) is 4.90 Å². The molecule has 2 saturated carbocycles. The first kappa shape index (κ1) is 10.1. The third kappa shape index (κ3) is 1.83. The lowest BCUT2D eigenvalue weighted by atomic mass is 9.85. The maximum Gasteiger partial charge on any atom is 0.0611 e. The van der Waals surface area contributed by atoms with Gasteiger partial charge in [-0.05, 0) is 57.0 Å². The second kappa shape index (κ2) is 4.06. The molecule has 0 amide bonds. The average molecular weight is 209 g/mol. The van der Waals surface area contributed by atoms with Crippen molar-refractivity contribution < 1.29 is 5.11 Å². The minimum atomic E-state index is 0.0330. The van der Waals surface area contributed by atoms with Gasteiger partial charge >= 0.3 is 0 Å². The van der Waals surface area contributed by atoms with Crippen molar-refractivity contribution in [3.05, 3.63) is 0 Å². The molecule has 86 valence electrons. The summed E-state index contributed by atoms with van der Waals surface area (Å²) in [6.45, 7) is 3.74. The molecule has 3 aliphatic rings. The zero-order chi connectivity index (χ0) is 10.3. The van der Waals surface area contributed by atoms with Crippen molar-refractivity contribution >= 4 is 0 Å². The van der Waals surface area contributed by atoms with Crippen LogP contribution in [-0.4, -0.2) is 35.7 Å². The van der Waals surface area contributed by atoms with Crippen LogP contribution in [0.15, 0.2) is 0 Å². The number of rotatable bonds is 2. The number of hydrogen-bond donors (Lipinski definition) is 1. The number of aliphatic hydroxyl groups excluding tert-OH is 1. The van der Waals surface area contributed by atoms with E-state index in [0.717, 1.165) is 5.92 Å². The molecule has 0 spiro atoms. The van der Waals surface area contributed by atoms with E-state index >= 15 is 0 Å². The molecule has 1 heterocycles. The van der Waals surface area contributed by atoms with Gasteiger partial charge in [-0.3, -0.25) is 0 Å². The third-order valence-corrected chi connectivity index (χ3v) is 4.96. The Morgan fingerprint density at radius 2 is 1.73 bits per heavy atom. The first-order valence-electron chi connectivity index (χ1n) is 6.75. The smallest absolute Gasteiger partial charge is 0.0611 e. The predicted molar refractivity (Wildman–Crippen MR) is 60.6 cm³/mol.